The zero-order chi connectivity index (χ0) is 9.31. The van der Waals surface area contributed by atoms with Crippen LogP contribution in [0.3, 0.4) is 0 Å². The van der Waals surface area contributed by atoms with Crippen molar-refractivity contribution in [2.75, 3.05) is 6.54 Å². The first-order valence-electron chi connectivity index (χ1n) is 5.69. The van der Waals surface area contributed by atoms with E-state index < -0.39 is 0 Å². The van der Waals surface area contributed by atoms with Crippen molar-refractivity contribution in [3.63, 3.8) is 0 Å². The molecule has 2 rings (SSSR count). The van der Waals surface area contributed by atoms with Crippen LogP contribution in [-0.2, 0) is 0 Å². The molecule has 2 saturated carbocycles. The maximum Gasteiger partial charge on any atom is 0.0154 e. The standard InChI is InChI=1S/C11H22N2/c1-11(6-7-11)13-8-9-2-4-10(12)5-3-9/h9-10,13H,2-8,12H2,1H3. The van der Waals surface area contributed by atoms with Gasteiger partial charge in [0.25, 0.3) is 0 Å². The zero-order valence-electron chi connectivity index (χ0n) is 8.68. The second-order valence-electron chi connectivity index (χ2n) is 5.22. The van der Waals surface area contributed by atoms with Gasteiger partial charge in [-0.2, -0.15) is 0 Å². The molecule has 0 aromatic heterocycles. The molecule has 13 heavy (non-hydrogen) atoms. The topological polar surface area (TPSA) is 38.0 Å². The smallest absolute Gasteiger partial charge is 0.0154 e. The van der Waals surface area contributed by atoms with Crippen molar-refractivity contribution in [3.8, 4) is 0 Å². The quantitative estimate of drug-likeness (QED) is 0.696. The SMILES string of the molecule is CC1(NCC2CCC(N)CC2)CC1. The molecule has 0 radical (unpaired) electrons. The van der Waals surface area contributed by atoms with Crippen molar-refractivity contribution in [3.05, 3.63) is 0 Å². The van der Waals surface area contributed by atoms with Gasteiger partial charge in [-0.1, -0.05) is 0 Å². The fraction of sp³-hybridized carbons (Fsp3) is 1.00. The maximum atomic E-state index is 5.87. The number of hydrogen-bond donors (Lipinski definition) is 2. The van der Waals surface area contributed by atoms with E-state index in [1.54, 1.807) is 0 Å². The van der Waals surface area contributed by atoms with E-state index in [4.69, 9.17) is 5.73 Å². The highest BCUT2D eigenvalue weighted by Crippen LogP contribution is 2.35. The van der Waals surface area contributed by atoms with Crippen molar-refractivity contribution < 1.29 is 0 Å². The molecule has 0 aromatic rings. The van der Waals surface area contributed by atoms with Crippen molar-refractivity contribution in [2.24, 2.45) is 11.7 Å². The van der Waals surface area contributed by atoms with E-state index in [2.05, 4.69) is 12.2 Å². The van der Waals surface area contributed by atoms with Gasteiger partial charge in [-0.05, 0) is 57.9 Å². The maximum absolute atomic E-state index is 5.87. The molecule has 76 valence electrons. The highest BCUT2D eigenvalue weighted by molar-refractivity contribution is 4.97. The first kappa shape index (κ1) is 9.47. The third-order valence-electron chi connectivity index (χ3n) is 3.71. The molecule has 0 heterocycles. The summed E-state index contributed by atoms with van der Waals surface area (Å²) < 4.78 is 0. The first-order chi connectivity index (χ1) is 6.18. The molecule has 0 aliphatic heterocycles. The Kier molecular flexibility index (Phi) is 2.61. The molecule has 2 nitrogen and oxygen atoms in total. The lowest BCUT2D eigenvalue weighted by atomic mass is 9.86. The van der Waals surface area contributed by atoms with Gasteiger partial charge in [0.1, 0.15) is 0 Å². The van der Waals surface area contributed by atoms with Crippen LogP contribution >= 0.6 is 0 Å². The summed E-state index contributed by atoms with van der Waals surface area (Å²) >= 11 is 0. The van der Waals surface area contributed by atoms with Gasteiger partial charge in [0.05, 0.1) is 0 Å². The predicted molar refractivity (Wildman–Crippen MR) is 55.6 cm³/mol. The van der Waals surface area contributed by atoms with E-state index in [-0.39, 0.29) is 0 Å². The minimum absolute atomic E-state index is 0.493. The van der Waals surface area contributed by atoms with E-state index in [0.29, 0.717) is 11.6 Å². The third kappa shape index (κ3) is 2.68. The van der Waals surface area contributed by atoms with Crippen molar-refractivity contribution in [2.45, 2.75) is 57.0 Å². The molecule has 2 fully saturated rings. The molecular formula is C11H22N2. The Morgan fingerprint density at radius 1 is 1.23 bits per heavy atom. The fourth-order valence-corrected chi connectivity index (χ4v) is 2.15. The van der Waals surface area contributed by atoms with Gasteiger partial charge < -0.3 is 11.1 Å². The Bertz CT molecular complexity index is 167. The highest BCUT2D eigenvalue weighted by Gasteiger charge is 2.37. The lowest BCUT2D eigenvalue weighted by molar-refractivity contribution is 0.303. The van der Waals surface area contributed by atoms with Crippen LogP contribution in [0.5, 0.6) is 0 Å². The van der Waals surface area contributed by atoms with Gasteiger partial charge in [0.2, 0.25) is 0 Å². The van der Waals surface area contributed by atoms with Gasteiger partial charge in [-0.15, -0.1) is 0 Å². The van der Waals surface area contributed by atoms with Crippen LogP contribution < -0.4 is 11.1 Å². The van der Waals surface area contributed by atoms with Crippen LogP contribution in [0.2, 0.25) is 0 Å². The Morgan fingerprint density at radius 2 is 1.85 bits per heavy atom. The summed E-state index contributed by atoms with van der Waals surface area (Å²) in [6.45, 7) is 3.56. The predicted octanol–water partition coefficient (Wildman–Crippen LogP) is 1.65. The molecule has 0 atom stereocenters. The molecule has 0 spiro atoms. The van der Waals surface area contributed by atoms with E-state index in [9.17, 15) is 0 Å². The van der Waals surface area contributed by atoms with Crippen molar-refractivity contribution >= 4 is 0 Å². The Morgan fingerprint density at radius 3 is 2.38 bits per heavy atom. The van der Waals surface area contributed by atoms with Gasteiger partial charge >= 0.3 is 0 Å². The molecule has 3 N–H and O–H groups in total. The molecule has 0 saturated heterocycles. The van der Waals surface area contributed by atoms with Crippen LogP contribution in [0.1, 0.15) is 45.4 Å². The van der Waals surface area contributed by atoms with E-state index in [0.717, 1.165) is 5.92 Å². The molecule has 2 heteroatoms. The molecule has 0 bridgehead atoms. The molecular weight excluding hydrogens is 160 g/mol. The summed E-state index contributed by atoms with van der Waals surface area (Å²) in [5.74, 6) is 0.900. The van der Waals surface area contributed by atoms with Crippen LogP contribution in [-0.4, -0.2) is 18.1 Å². The van der Waals surface area contributed by atoms with Crippen LogP contribution in [0, 0.1) is 5.92 Å². The highest BCUT2D eigenvalue weighted by atomic mass is 15.0. The molecule has 2 aliphatic carbocycles. The van der Waals surface area contributed by atoms with E-state index in [1.807, 2.05) is 0 Å². The Labute approximate surface area is 81.3 Å². The van der Waals surface area contributed by atoms with E-state index >= 15 is 0 Å². The summed E-state index contributed by atoms with van der Waals surface area (Å²) in [5.41, 5.74) is 6.38. The number of nitrogens with two attached hydrogens (primary N) is 1. The number of hydrogen-bond acceptors (Lipinski definition) is 2. The van der Waals surface area contributed by atoms with Crippen molar-refractivity contribution in [1.82, 2.24) is 5.32 Å². The van der Waals surface area contributed by atoms with Gasteiger partial charge in [-0.25, -0.2) is 0 Å². The average molecular weight is 182 g/mol. The molecule has 0 aromatic carbocycles. The summed E-state index contributed by atoms with van der Waals surface area (Å²) in [4.78, 5) is 0. The third-order valence-corrected chi connectivity index (χ3v) is 3.71. The minimum atomic E-state index is 0.493. The Hall–Kier alpha value is -0.0800. The zero-order valence-corrected chi connectivity index (χ0v) is 8.68. The van der Waals surface area contributed by atoms with Gasteiger partial charge in [-0.3, -0.25) is 0 Å². The lowest BCUT2D eigenvalue weighted by Crippen LogP contribution is -2.36. The van der Waals surface area contributed by atoms with Gasteiger partial charge in [0, 0.05) is 11.6 Å². The number of nitrogens with one attached hydrogen (secondary N) is 1. The second-order valence-corrected chi connectivity index (χ2v) is 5.22. The van der Waals surface area contributed by atoms with Crippen LogP contribution in [0.4, 0.5) is 0 Å². The van der Waals surface area contributed by atoms with Crippen LogP contribution in [0.25, 0.3) is 0 Å². The first-order valence-corrected chi connectivity index (χ1v) is 5.69. The molecule has 2 aliphatic rings. The largest absolute Gasteiger partial charge is 0.328 e. The Balaban J connectivity index is 1.65. The normalized spacial score (nSPS) is 37.4. The monoisotopic (exact) mass is 182 g/mol. The van der Waals surface area contributed by atoms with E-state index in [1.165, 1.54) is 45.1 Å². The van der Waals surface area contributed by atoms with Gasteiger partial charge in [0.15, 0.2) is 0 Å². The minimum Gasteiger partial charge on any atom is -0.328 e. The molecule has 0 unspecified atom stereocenters. The number of rotatable bonds is 3. The summed E-state index contributed by atoms with van der Waals surface area (Å²) in [7, 11) is 0. The summed E-state index contributed by atoms with van der Waals surface area (Å²) in [6, 6.07) is 0.493. The summed E-state index contributed by atoms with van der Waals surface area (Å²) in [6.07, 6.45) is 7.90. The lowest BCUT2D eigenvalue weighted by Gasteiger charge is -2.27. The van der Waals surface area contributed by atoms with Crippen LogP contribution in [0.15, 0.2) is 0 Å². The molecule has 0 amide bonds. The summed E-state index contributed by atoms with van der Waals surface area (Å²) in [5, 5.41) is 3.68. The van der Waals surface area contributed by atoms with Crippen molar-refractivity contribution in [1.29, 1.82) is 0 Å². The average Bonchev–Trinajstić information content (AvgIpc) is 2.84. The fourth-order valence-electron chi connectivity index (χ4n) is 2.15. The second kappa shape index (κ2) is 3.58.